The van der Waals surface area contributed by atoms with Crippen LogP contribution in [-0.4, -0.2) is 31.5 Å². The zero-order chi connectivity index (χ0) is 18.6. The van der Waals surface area contributed by atoms with Gasteiger partial charge in [-0.15, -0.1) is 0 Å². The second kappa shape index (κ2) is 6.18. The maximum Gasteiger partial charge on any atom is 0.0956 e. The SMILES string of the molecule is CCC1([C@@H](O)C[C@H]2c3ccccc3-c3cncn32)CC2CCCC(O)(C2)C1. The number of aliphatic hydroxyl groups is 2. The lowest BCUT2D eigenvalue weighted by molar-refractivity contribution is -0.139. The van der Waals surface area contributed by atoms with E-state index in [0.717, 1.165) is 44.2 Å². The minimum Gasteiger partial charge on any atom is -0.392 e. The van der Waals surface area contributed by atoms with Crippen LogP contribution in [-0.2, 0) is 0 Å². The Morgan fingerprint density at radius 3 is 2.96 bits per heavy atom. The van der Waals surface area contributed by atoms with E-state index >= 15 is 0 Å². The first-order valence-corrected chi connectivity index (χ1v) is 10.6. The van der Waals surface area contributed by atoms with Gasteiger partial charge in [-0.05, 0) is 55.4 Å². The zero-order valence-electron chi connectivity index (χ0n) is 16.1. The van der Waals surface area contributed by atoms with Gasteiger partial charge in [-0.2, -0.15) is 0 Å². The fourth-order valence-electron chi connectivity index (χ4n) is 6.49. The highest BCUT2D eigenvalue weighted by molar-refractivity contribution is 5.68. The highest BCUT2D eigenvalue weighted by atomic mass is 16.3. The van der Waals surface area contributed by atoms with Crippen molar-refractivity contribution in [3.63, 3.8) is 0 Å². The van der Waals surface area contributed by atoms with Crippen molar-refractivity contribution in [2.75, 3.05) is 0 Å². The monoisotopic (exact) mass is 366 g/mol. The Kier molecular flexibility index (Phi) is 3.99. The Labute approximate surface area is 161 Å². The van der Waals surface area contributed by atoms with E-state index in [0.29, 0.717) is 12.3 Å². The smallest absolute Gasteiger partial charge is 0.0956 e. The van der Waals surface area contributed by atoms with E-state index in [-0.39, 0.29) is 11.5 Å². The van der Waals surface area contributed by atoms with Crippen molar-refractivity contribution >= 4 is 0 Å². The molecule has 2 fully saturated rings. The summed E-state index contributed by atoms with van der Waals surface area (Å²) in [5.74, 6) is 0.562. The van der Waals surface area contributed by atoms with E-state index in [2.05, 4.69) is 40.7 Å². The molecule has 2 N–H and O–H groups in total. The summed E-state index contributed by atoms with van der Waals surface area (Å²) in [5, 5.41) is 22.6. The number of hydrogen-bond acceptors (Lipinski definition) is 3. The molecule has 4 nitrogen and oxygen atoms in total. The molecule has 0 saturated heterocycles. The molecule has 3 unspecified atom stereocenters. The van der Waals surface area contributed by atoms with E-state index in [1.807, 2.05) is 12.5 Å². The van der Waals surface area contributed by atoms with Gasteiger partial charge in [0.1, 0.15) is 0 Å². The Bertz CT molecular complexity index is 846. The molecular formula is C23H30N2O2. The number of aromatic nitrogens is 2. The lowest BCUT2D eigenvalue weighted by Gasteiger charge is -2.53. The molecule has 2 aliphatic carbocycles. The van der Waals surface area contributed by atoms with Crippen LogP contribution in [0.4, 0.5) is 0 Å². The van der Waals surface area contributed by atoms with E-state index < -0.39 is 11.7 Å². The van der Waals surface area contributed by atoms with Gasteiger partial charge in [0, 0.05) is 5.56 Å². The summed E-state index contributed by atoms with van der Waals surface area (Å²) in [7, 11) is 0. The molecule has 1 aliphatic heterocycles. The van der Waals surface area contributed by atoms with Crippen molar-refractivity contribution in [3.05, 3.63) is 42.4 Å². The summed E-state index contributed by atoms with van der Waals surface area (Å²) in [5.41, 5.74) is 2.93. The normalized spacial score (nSPS) is 35.5. The zero-order valence-corrected chi connectivity index (χ0v) is 16.1. The first kappa shape index (κ1) is 17.4. The highest BCUT2D eigenvalue weighted by Gasteiger charge is 2.52. The standard InChI is InChI=1S/C23H30N2O2/c1-2-22(11-16-6-5-9-23(27,12-16)14-22)21(26)10-19-17-7-3-4-8-18(17)20-13-24-15-25(19)20/h3-4,7-8,13,15-16,19,21,26-27H,2,5-6,9-12,14H2,1H3/t16?,19-,21-,22?,23?/m0/s1. The molecule has 1 aromatic carbocycles. The summed E-state index contributed by atoms with van der Waals surface area (Å²) in [6.45, 7) is 2.19. The Balaban J connectivity index is 1.45. The molecule has 2 heterocycles. The van der Waals surface area contributed by atoms with Crippen molar-refractivity contribution in [1.29, 1.82) is 0 Å². The lowest BCUT2D eigenvalue weighted by Crippen LogP contribution is -2.52. The molecule has 2 saturated carbocycles. The summed E-state index contributed by atoms with van der Waals surface area (Å²) in [6.07, 6.45) is 11.0. The van der Waals surface area contributed by atoms with Gasteiger partial charge in [0.15, 0.2) is 0 Å². The van der Waals surface area contributed by atoms with Gasteiger partial charge in [-0.25, -0.2) is 4.98 Å². The lowest BCUT2D eigenvalue weighted by atomic mass is 9.55. The number of imidazole rings is 1. The molecule has 0 amide bonds. The number of nitrogens with zero attached hydrogens (tertiary/aromatic N) is 2. The Morgan fingerprint density at radius 1 is 1.30 bits per heavy atom. The van der Waals surface area contributed by atoms with Gasteiger partial charge in [-0.3, -0.25) is 0 Å². The first-order valence-electron chi connectivity index (χ1n) is 10.6. The van der Waals surface area contributed by atoms with E-state index in [1.54, 1.807) is 0 Å². The molecule has 144 valence electrons. The van der Waals surface area contributed by atoms with Crippen molar-refractivity contribution in [2.24, 2.45) is 11.3 Å². The van der Waals surface area contributed by atoms with Gasteiger partial charge in [0.2, 0.25) is 0 Å². The molecule has 2 aromatic rings. The third kappa shape index (κ3) is 2.68. The van der Waals surface area contributed by atoms with Gasteiger partial charge < -0.3 is 14.8 Å². The molecule has 3 aliphatic rings. The second-order valence-corrected chi connectivity index (χ2v) is 9.32. The number of aliphatic hydroxyl groups excluding tert-OH is 1. The molecule has 4 heteroatoms. The number of fused-ring (bicyclic) bond motifs is 5. The van der Waals surface area contributed by atoms with Gasteiger partial charge in [0.25, 0.3) is 0 Å². The maximum absolute atomic E-state index is 11.5. The first-order chi connectivity index (χ1) is 13.0. The summed E-state index contributed by atoms with van der Waals surface area (Å²) < 4.78 is 2.22. The summed E-state index contributed by atoms with van der Waals surface area (Å²) in [4.78, 5) is 4.35. The van der Waals surface area contributed by atoms with Crippen LogP contribution in [0.1, 0.15) is 69.9 Å². The maximum atomic E-state index is 11.5. The molecular weight excluding hydrogens is 336 g/mol. The van der Waals surface area contributed by atoms with Crippen LogP contribution >= 0.6 is 0 Å². The van der Waals surface area contributed by atoms with Gasteiger partial charge >= 0.3 is 0 Å². The summed E-state index contributed by atoms with van der Waals surface area (Å²) in [6, 6.07) is 8.62. The molecule has 27 heavy (non-hydrogen) atoms. The second-order valence-electron chi connectivity index (χ2n) is 9.32. The third-order valence-corrected chi connectivity index (χ3v) is 7.75. The van der Waals surface area contributed by atoms with E-state index in [1.165, 1.54) is 17.5 Å². The molecule has 0 spiro atoms. The van der Waals surface area contributed by atoms with Crippen LogP contribution < -0.4 is 0 Å². The van der Waals surface area contributed by atoms with Crippen LogP contribution in [0.25, 0.3) is 11.3 Å². The van der Waals surface area contributed by atoms with Crippen LogP contribution in [0.3, 0.4) is 0 Å². The molecule has 1 aromatic heterocycles. The fraction of sp³-hybridized carbons (Fsp3) is 0.609. The fourth-order valence-corrected chi connectivity index (χ4v) is 6.49. The predicted octanol–water partition coefficient (Wildman–Crippen LogP) is 4.32. The molecule has 2 bridgehead atoms. The summed E-state index contributed by atoms with van der Waals surface area (Å²) >= 11 is 0. The van der Waals surface area contributed by atoms with Gasteiger partial charge in [0.05, 0.1) is 36.0 Å². The predicted molar refractivity (Wildman–Crippen MR) is 105 cm³/mol. The third-order valence-electron chi connectivity index (χ3n) is 7.75. The van der Waals surface area contributed by atoms with Crippen molar-refractivity contribution < 1.29 is 10.2 Å². The molecule has 5 rings (SSSR count). The Hall–Kier alpha value is -1.65. The van der Waals surface area contributed by atoms with Crippen molar-refractivity contribution in [2.45, 2.75) is 76.0 Å². The average molecular weight is 367 g/mol. The largest absolute Gasteiger partial charge is 0.392 e. The highest BCUT2D eigenvalue weighted by Crippen LogP contribution is 2.55. The van der Waals surface area contributed by atoms with E-state index in [9.17, 15) is 10.2 Å². The molecule has 0 radical (unpaired) electrons. The minimum atomic E-state index is -0.564. The van der Waals surface area contributed by atoms with Crippen LogP contribution in [0.5, 0.6) is 0 Å². The van der Waals surface area contributed by atoms with Crippen LogP contribution in [0, 0.1) is 11.3 Å². The average Bonchev–Trinajstić information content (AvgIpc) is 3.23. The number of rotatable bonds is 4. The van der Waals surface area contributed by atoms with Crippen LogP contribution in [0.2, 0.25) is 0 Å². The Morgan fingerprint density at radius 2 is 2.15 bits per heavy atom. The number of hydrogen-bond donors (Lipinski definition) is 2. The number of benzene rings is 1. The molecule has 5 atom stereocenters. The van der Waals surface area contributed by atoms with Gasteiger partial charge in [-0.1, -0.05) is 44.0 Å². The van der Waals surface area contributed by atoms with E-state index in [4.69, 9.17) is 0 Å². The van der Waals surface area contributed by atoms with Crippen molar-refractivity contribution in [3.8, 4) is 11.3 Å². The van der Waals surface area contributed by atoms with Crippen molar-refractivity contribution in [1.82, 2.24) is 9.55 Å². The quantitative estimate of drug-likeness (QED) is 0.847. The topological polar surface area (TPSA) is 58.3 Å². The minimum absolute atomic E-state index is 0.133. The van der Waals surface area contributed by atoms with Crippen LogP contribution in [0.15, 0.2) is 36.8 Å².